The van der Waals surface area contributed by atoms with Gasteiger partial charge in [0.25, 0.3) is 0 Å². The van der Waals surface area contributed by atoms with E-state index in [0.717, 1.165) is 16.1 Å². The Kier molecular flexibility index (Phi) is 0.990. The van der Waals surface area contributed by atoms with Crippen LogP contribution in [-0.2, 0) is 0 Å². The van der Waals surface area contributed by atoms with Crippen LogP contribution in [0.25, 0.3) is 11.1 Å². The van der Waals surface area contributed by atoms with Crippen molar-refractivity contribution in [2.75, 3.05) is 5.73 Å². The van der Waals surface area contributed by atoms with Crippen molar-refractivity contribution in [1.82, 2.24) is 4.98 Å². The van der Waals surface area contributed by atoms with E-state index in [4.69, 9.17) is 10.2 Å². The largest absolute Gasteiger partial charge is 0.440 e. The quantitative estimate of drug-likeness (QED) is 0.629. The number of anilines is 1. The van der Waals surface area contributed by atoms with Gasteiger partial charge in [0.05, 0.1) is 0 Å². The standard InChI is InChI=1S/C6H6N2OS/c1-3-8-5-4(9-3)2-10-6(5)7/h2H,7H2,1H3. The first-order chi connectivity index (χ1) is 4.77. The summed E-state index contributed by atoms with van der Waals surface area (Å²) >= 11 is 1.45. The highest BCUT2D eigenvalue weighted by Crippen LogP contribution is 2.27. The number of hydrogen-bond donors (Lipinski definition) is 1. The average Bonchev–Trinajstić information content (AvgIpc) is 2.35. The zero-order valence-electron chi connectivity index (χ0n) is 5.42. The number of rotatable bonds is 0. The molecule has 2 aromatic rings. The third kappa shape index (κ3) is 0.623. The Morgan fingerprint density at radius 3 is 3.20 bits per heavy atom. The molecule has 0 radical (unpaired) electrons. The van der Waals surface area contributed by atoms with Gasteiger partial charge in [-0.25, -0.2) is 4.98 Å². The molecular weight excluding hydrogens is 148 g/mol. The van der Waals surface area contributed by atoms with Crippen LogP contribution in [0.3, 0.4) is 0 Å². The summed E-state index contributed by atoms with van der Waals surface area (Å²) in [6.07, 6.45) is 0. The monoisotopic (exact) mass is 154 g/mol. The van der Waals surface area contributed by atoms with Gasteiger partial charge in [-0.1, -0.05) is 0 Å². The maximum atomic E-state index is 5.59. The molecule has 2 aromatic heterocycles. The number of aryl methyl sites for hydroxylation is 1. The highest BCUT2D eigenvalue weighted by molar-refractivity contribution is 7.15. The lowest BCUT2D eigenvalue weighted by atomic mass is 10.5. The van der Waals surface area contributed by atoms with Crippen LogP contribution in [0.1, 0.15) is 5.89 Å². The lowest BCUT2D eigenvalue weighted by Gasteiger charge is -1.76. The molecule has 0 saturated carbocycles. The Bertz CT molecular complexity index is 363. The van der Waals surface area contributed by atoms with Crippen molar-refractivity contribution in [3.63, 3.8) is 0 Å². The molecule has 2 N–H and O–H groups in total. The van der Waals surface area contributed by atoms with Crippen LogP contribution in [0.2, 0.25) is 0 Å². The van der Waals surface area contributed by atoms with E-state index in [2.05, 4.69) is 4.98 Å². The Labute approximate surface area is 61.5 Å². The fraction of sp³-hybridized carbons (Fsp3) is 0.167. The number of nitrogens with zero attached hydrogens (tertiary/aromatic N) is 1. The molecule has 0 aromatic carbocycles. The van der Waals surface area contributed by atoms with Crippen LogP contribution in [0.4, 0.5) is 5.00 Å². The van der Waals surface area contributed by atoms with Crippen molar-refractivity contribution in [3.05, 3.63) is 11.3 Å². The Morgan fingerprint density at radius 1 is 1.70 bits per heavy atom. The zero-order valence-corrected chi connectivity index (χ0v) is 6.23. The van der Waals surface area contributed by atoms with Crippen molar-refractivity contribution in [3.8, 4) is 0 Å². The predicted octanol–water partition coefficient (Wildman–Crippen LogP) is 1.78. The molecule has 0 aliphatic carbocycles. The molecule has 2 rings (SSSR count). The Hall–Kier alpha value is -1.03. The van der Waals surface area contributed by atoms with Gasteiger partial charge >= 0.3 is 0 Å². The molecule has 4 heteroatoms. The van der Waals surface area contributed by atoms with Gasteiger partial charge in [0, 0.05) is 12.3 Å². The van der Waals surface area contributed by atoms with Gasteiger partial charge in [-0.05, 0) is 0 Å². The second-order valence-electron chi connectivity index (χ2n) is 2.05. The van der Waals surface area contributed by atoms with Crippen molar-refractivity contribution >= 4 is 27.4 Å². The lowest BCUT2D eigenvalue weighted by molar-refractivity contribution is 0.562. The molecule has 0 atom stereocenters. The van der Waals surface area contributed by atoms with Gasteiger partial charge in [0.15, 0.2) is 11.5 Å². The van der Waals surface area contributed by atoms with Crippen LogP contribution in [0.5, 0.6) is 0 Å². The van der Waals surface area contributed by atoms with E-state index in [1.807, 2.05) is 12.3 Å². The summed E-state index contributed by atoms with van der Waals surface area (Å²) in [5.74, 6) is 0.671. The highest BCUT2D eigenvalue weighted by Gasteiger charge is 2.06. The van der Waals surface area contributed by atoms with E-state index in [1.54, 1.807) is 0 Å². The number of nitrogen functional groups attached to an aromatic ring is 1. The zero-order chi connectivity index (χ0) is 7.14. The summed E-state index contributed by atoms with van der Waals surface area (Å²) in [5, 5.41) is 2.59. The van der Waals surface area contributed by atoms with Gasteiger partial charge in [0.2, 0.25) is 0 Å². The first-order valence-corrected chi connectivity index (χ1v) is 3.75. The molecule has 0 aliphatic heterocycles. The minimum atomic E-state index is 0.671. The fourth-order valence-electron chi connectivity index (χ4n) is 0.872. The van der Waals surface area contributed by atoms with Crippen molar-refractivity contribution in [1.29, 1.82) is 0 Å². The molecule has 10 heavy (non-hydrogen) atoms. The maximum Gasteiger partial charge on any atom is 0.192 e. The van der Waals surface area contributed by atoms with Crippen LogP contribution < -0.4 is 5.73 Å². The number of hydrogen-bond acceptors (Lipinski definition) is 4. The van der Waals surface area contributed by atoms with Crippen LogP contribution in [0, 0.1) is 6.92 Å². The third-order valence-corrected chi connectivity index (χ3v) is 2.07. The number of oxazole rings is 1. The summed E-state index contributed by atoms with van der Waals surface area (Å²) in [5.41, 5.74) is 7.17. The van der Waals surface area contributed by atoms with E-state index in [-0.39, 0.29) is 0 Å². The van der Waals surface area contributed by atoms with Crippen molar-refractivity contribution in [2.24, 2.45) is 0 Å². The summed E-state index contributed by atoms with van der Waals surface area (Å²) in [4.78, 5) is 4.09. The maximum absolute atomic E-state index is 5.59. The van der Waals surface area contributed by atoms with E-state index < -0.39 is 0 Å². The summed E-state index contributed by atoms with van der Waals surface area (Å²) in [7, 11) is 0. The first kappa shape index (κ1) is 5.73. The fourth-order valence-corrected chi connectivity index (χ4v) is 1.52. The van der Waals surface area contributed by atoms with E-state index >= 15 is 0 Å². The minimum absolute atomic E-state index is 0.671. The van der Waals surface area contributed by atoms with E-state index in [1.165, 1.54) is 11.3 Å². The second-order valence-corrected chi connectivity index (χ2v) is 2.96. The van der Waals surface area contributed by atoms with E-state index in [9.17, 15) is 0 Å². The van der Waals surface area contributed by atoms with Crippen LogP contribution in [-0.4, -0.2) is 4.98 Å². The van der Waals surface area contributed by atoms with Gasteiger partial charge < -0.3 is 10.2 Å². The molecule has 0 fully saturated rings. The van der Waals surface area contributed by atoms with Crippen LogP contribution in [0.15, 0.2) is 9.80 Å². The van der Waals surface area contributed by atoms with Gasteiger partial charge in [0.1, 0.15) is 10.5 Å². The number of aromatic nitrogens is 1. The Balaban J connectivity index is 2.90. The Morgan fingerprint density at radius 2 is 2.50 bits per heavy atom. The SMILES string of the molecule is Cc1nc2c(N)scc2o1. The molecule has 52 valence electrons. The molecular formula is C6H6N2OS. The molecule has 0 amide bonds. The molecule has 2 heterocycles. The van der Waals surface area contributed by atoms with Crippen molar-refractivity contribution in [2.45, 2.75) is 6.92 Å². The molecule has 0 unspecified atom stereocenters. The topological polar surface area (TPSA) is 52.0 Å². The number of fused-ring (bicyclic) bond motifs is 1. The van der Waals surface area contributed by atoms with Crippen molar-refractivity contribution < 1.29 is 4.42 Å². The van der Waals surface area contributed by atoms with Crippen LogP contribution >= 0.6 is 11.3 Å². The highest BCUT2D eigenvalue weighted by atomic mass is 32.1. The number of nitrogens with two attached hydrogens (primary N) is 1. The summed E-state index contributed by atoms with van der Waals surface area (Å²) in [6, 6.07) is 0. The number of thiophene rings is 1. The second kappa shape index (κ2) is 1.73. The van der Waals surface area contributed by atoms with Gasteiger partial charge in [-0.15, -0.1) is 11.3 Å². The van der Waals surface area contributed by atoms with Gasteiger partial charge in [-0.3, -0.25) is 0 Å². The molecule has 0 saturated heterocycles. The van der Waals surface area contributed by atoms with Gasteiger partial charge in [-0.2, -0.15) is 0 Å². The normalized spacial score (nSPS) is 10.9. The average molecular weight is 154 g/mol. The molecule has 0 aliphatic rings. The predicted molar refractivity (Wildman–Crippen MR) is 41.0 cm³/mol. The first-order valence-electron chi connectivity index (χ1n) is 2.87. The minimum Gasteiger partial charge on any atom is -0.440 e. The van der Waals surface area contributed by atoms with E-state index in [0.29, 0.717) is 5.89 Å². The lowest BCUT2D eigenvalue weighted by Crippen LogP contribution is -1.78. The smallest absolute Gasteiger partial charge is 0.192 e. The molecule has 0 bridgehead atoms. The molecule has 3 nitrogen and oxygen atoms in total. The third-order valence-electron chi connectivity index (χ3n) is 1.29. The molecule has 0 spiro atoms. The summed E-state index contributed by atoms with van der Waals surface area (Å²) < 4.78 is 5.21. The summed E-state index contributed by atoms with van der Waals surface area (Å²) in [6.45, 7) is 1.81.